The summed E-state index contributed by atoms with van der Waals surface area (Å²) < 4.78 is 1.15. The fourth-order valence-corrected chi connectivity index (χ4v) is 4.44. The first-order valence-corrected chi connectivity index (χ1v) is 9.13. The van der Waals surface area contributed by atoms with Crippen molar-refractivity contribution in [2.75, 3.05) is 18.1 Å². The van der Waals surface area contributed by atoms with Gasteiger partial charge in [-0.15, -0.1) is 23.1 Å². The highest BCUT2D eigenvalue weighted by Crippen LogP contribution is 2.36. The number of nitrogens with zero attached hydrogens (tertiary/aromatic N) is 2. The maximum atomic E-state index is 12.4. The van der Waals surface area contributed by atoms with Crippen molar-refractivity contribution in [3.8, 4) is 0 Å². The first-order chi connectivity index (χ1) is 10.6. The van der Waals surface area contributed by atoms with Crippen LogP contribution < -0.4 is 5.73 Å². The summed E-state index contributed by atoms with van der Waals surface area (Å²) >= 11 is 2.93. The van der Waals surface area contributed by atoms with Gasteiger partial charge < -0.3 is 10.6 Å². The molecule has 22 heavy (non-hydrogen) atoms. The largest absolute Gasteiger partial charge is 0.369 e. The standard InChI is InChI=1S/C15H17N3O2S2/c16-13(19)8-21-9-14(20)18-7-3-5-11(18)15-17-10-4-1-2-6-12(10)22-15/h1-2,4,6,11H,3,5,7-9H2,(H2,16,19)/t11-/m0/s1. The summed E-state index contributed by atoms with van der Waals surface area (Å²) in [6.07, 6.45) is 1.94. The highest BCUT2D eigenvalue weighted by atomic mass is 32.2. The van der Waals surface area contributed by atoms with E-state index in [0.717, 1.165) is 34.6 Å². The molecule has 1 aliphatic rings. The molecule has 2 aromatic rings. The van der Waals surface area contributed by atoms with E-state index in [1.54, 1.807) is 11.3 Å². The fourth-order valence-electron chi connectivity index (χ4n) is 2.68. The number of fused-ring (bicyclic) bond motifs is 1. The van der Waals surface area contributed by atoms with Crippen molar-refractivity contribution in [3.05, 3.63) is 29.3 Å². The number of aromatic nitrogens is 1. The van der Waals surface area contributed by atoms with Crippen molar-refractivity contribution < 1.29 is 9.59 Å². The van der Waals surface area contributed by atoms with E-state index in [-0.39, 0.29) is 23.6 Å². The van der Waals surface area contributed by atoms with Crippen molar-refractivity contribution >= 4 is 45.1 Å². The molecule has 1 atom stereocenters. The van der Waals surface area contributed by atoms with Crippen LogP contribution in [0, 0.1) is 0 Å². The Morgan fingerprint density at radius 2 is 2.18 bits per heavy atom. The van der Waals surface area contributed by atoms with Crippen molar-refractivity contribution in [2.45, 2.75) is 18.9 Å². The number of benzene rings is 1. The molecule has 116 valence electrons. The molecule has 1 saturated heterocycles. The first kappa shape index (κ1) is 15.3. The van der Waals surface area contributed by atoms with Crippen LogP contribution in [0.1, 0.15) is 23.9 Å². The van der Waals surface area contributed by atoms with Crippen LogP contribution in [0.15, 0.2) is 24.3 Å². The second kappa shape index (κ2) is 6.66. The van der Waals surface area contributed by atoms with Gasteiger partial charge in [-0.3, -0.25) is 9.59 Å². The van der Waals surface area contributed by atoms with Gasteiger partial charge in [-0.1, -0.05) is 12.1 Å². The van der Waals surface area contributed by atoms with Gasteiger partial charge in [0.1, 0.15) is 5.01 Å². The molecule has 5 nitrogen and oxygen atoms in total. The van der Waals surface area contributed by atoms with Crippen LogP contribution in [0.2, 0.25) is 0 Å². The van der Waals surface area contributed by atoms with Crippen LogP contribution in [0.3, 0.4) is 0 Å². The highest BCUT2D eigenvalue weighted by Gasteiger charge is 2.31. The van der Waals surface area contributed by atoms with Crippen molar-refractivity contribution in [3.63, 3.8) is 0 Å². The SMILES string of the molecule is NC(=O)CSCC(=O)N1CCC[C@H]1c1nc2ccccc2s1. The number of thiazole rings is 1. The zero-order valence-electron chi connectivity index (χ0n) is 12.0. The average Bonchev–Trinajstić information content (AvgIpc) is 3.12. The first-order valence-electron chi connectivity index (χ1n) is 7.16. The van der Waals surface area contributed by atoms with Crippen molar-refractivity contribution in [2.24, 2.45) is 5.73 Å². The normalized spacial score (nSPS) is 18.0. The lowest BCUT2D eigenvalue weighted by atomic mass is 10.2. The number of rotatable bonds is 5. The molecule has 0 aliphatic carbocycles. The second-order valence-electron chi connectivity index (χ2n) is 5.22. The molecule has 0 saturated carbocycles. The minimum Gasteiger partial charge on any atom is -0.369 e. The molecular formula is C15H17N3O2S2. The maximum absolute atomic E-state index is 12.4. The smallest absolute Gasteiger partial charge is 0.233 e. The third kappa shape index (κ3) is 3.25. The predicted molar refractivity (Wildman–Crippen MR) is 89.8 cm³/mol. The molecule has 1 aliphatic heterocycles. The Morgan fingerprint density at radius 3 is 2.95 bits per heavy atom. The van der Waals surface area contributed by atoms with Gasteiger partial charge in [-0.05, 0) is 25.0 Å². The predicted octanol–water partition coefficient (Wildman–Crippen LogP) is 2.18. The van der Waals surface area contributed by atoms with Crippen LogP contribution >= 0.6 is 23.1 Å². The second-order valence-corrected chi connectivity index (χ2v) is 7.27. The molecule has 0 unspecified atom stereocenters. The van der Waals surface area contributed by atoms with Crippen molar-refractivity contribution in [1.29, 1.82) is 0 Å². The van der Waals surface area contributed by atoms with Gasteiger partial charge in [-0.2, -0.15) is 0 Å². The Labute approximate surface area is 136 Å². The molecule has 2 N–H and O–H groups in total. The summed E-state index contributed by atoms with van der Waals surface area (Å²) in [5.74, 6) is 0.158. The number of nitrogens with two attached hydrogens (primary N) is 1. The minimum absolute atomic E-state index is 0.0630. The van der Waals surface area contributed by atoms with E-state index in [1.165, 1.54) is 11.8 Å². The third-order valence-corrected chi connectivity index (χ3v) is 5.72. The van der Waals surface area contributed by atoms with Gasteiger partial charge in [0.25, 0.3) is 0 Å². The lowest BCUT2D eigenvalue weighted by molar-refractivity contribution is -0.129. The highest BCUT2D eigenvalue weighted by molar-refractivity contribution is 8.00. The van der Waals surface area contributed by atoms with Crippen LogP contribution in [-0.2, 0) is 9.59 Å². The summed E-state index contributed by atoms with van der Waals surface area (Å²) in [5.41, 5.74) is 6.09. The summed E-state index contributed by atoms with van der Waals surface area (Å²) in [6, 6.07) is 8.10. The van der Waals surface area contributed by atoms with E-state index in [4.69, 9.17) is 5.73 Å². The molecule has 7 heteroatoms. The summed E-state index contributed by atoms with van der Waals surface area (Å²) in [7, 11) is 0. The Hall–Kier alpha value is -1.60. The zero-order valence-corrected chi connectivity index (χ0v) is 13.7. The monoisotopic (exact) mass is 335 g/mol. The number of likely N-dealkylation sites (tertiary alicyclic amines) is 1. The Balaban J connectivity index is 1.72. The molecule has 2 amide bonds. The Morgan fingerprint density at radius 1 is 1.36 bits per heavy atom. The maximum Gasteiger partial charge on any atom is 0.233 e. The van der Waals surface area contributed by atoms with Gasteiger partial charge in [-0.25, -0.2) is 4.98 Å². The van der Waals surface area contributed by atoms with Crippen molar-refractivity contribution in [1.82, 2.24) is 9.88 Å². The van der Waals surface area contributed by atoms with E-state index in [1.807, 2.05) is 23.1 Å². The quantitative estimate of drug-likeness (QED) is 0.908. The molecule has 0 spiro atoms. The number of primary amides is 1. The number of hydrogen-bond acceptors (Lipinski definition) is 5. The zero-order chi connectivity index (χ0) is 15.5. The number of thioether (sulfide) groups is 1. The summed E-state index contributed by atoms with van der Waals surface area (Å²) in [4.78, 5) is 29.7. The van der Waals surface area contributed by atoms with Gasteiger partial charge in [0.05, 0.1) is 27.8 Å². The molecule has 1 aromatic carbocycles. The summed E-state index contributed by atoms with van der Waals surface area (Å²) in [5, 5.41) is 1.01. The van der Waals surface area contributed by atoms with Gasteiger partial charge in [0, 0.05) is 6.54 Å². The molecule has 3 rings (SSSR count). The van der Waals surface area contributed by atoms with E-state index < -0.39 is 0 Å². The van der Waals surface area contributed by atoms with Gasteiger partial charge >= 0.3 is 0 Å². The number of hydrogen-bond donors (Lipinski definition) is 1. The molecule has 2 heterocycles. The van der Waals surface area contributed by atoms with Crippen LogP contribution in [0.25, 0.3) is 10.2 Å². The van der Waals surface area contributed by atoms with Gasteiger partial charge in [0.2, 0.25) is 11.8 Å². The third-order valence-electron chi connectivity index (χ3n) is 3.64. The van der Waals surface area contributed by atoms with Crippen LogP contribution in [0.5, 0.6) is 0 Å². The lowest BCUT2D eigenvalue weighted by Gasteiger charge is -2.22. The van der Waals surface area contributed by atoms with Crippen LogP contribution in [0.4, 0.5) is 0 Å². The van der Waals surface area contributed by atoms with E-state index in [9.17, 15) is 9.59 Å². The molecule has 0 bridgehead atoms. The van der Waals surface area contributed by atoms with Gasteiger partial charge in [0.15, 0.2) is 0 Å². The Kier molecular flexibility index (Phi) is 4.63. The topological polar surface area (TPSA) is 76.3 Å². The fraction of sp³-hybridized carbons (Fsp3) is 0.400. The molecule has 0 radical (unpaired) electrons. The molecule has 1 aromatic heterocycles. The minimum atomic E-state index is -0.387. The molecule has 1 fully saturated rings. The number of carbonyl (C=O) groups excluding carboxylic acids is 2. The van der Waals surface area contributed by atoms with E-state index >= 15 is 0 Å². The number of para-hydroxylation sites is 1. The number of carbonyl (C=O) groups is 2. The van der Waals surface area contributed by atoms with E-state index in [0.29, 0.717) is 5.75 Å². The summed E-state index contributed by atoms with van der Waals surface area (Å²) in [6.45, 7) is 0.760. The number of amides is 2. The lowest BCUT2D eigenvalue weighted by Crippen LogP contribution is -2.32. The van der Waals surface area contributed by atoms with Crippen LogP contribution in [-0.4, -0.2) is 39.7 Å². The van der Waals surface area contributed by atoms with E-state index in [2.05, 4.69) is 11.1 Å². The average molecular weight is 335 g/mol. The molecular weight excluding hydrogens is 318 g/mol. The Bertz CT molecular complexity index is 668.